The molecule has 2 aromatic rings. The number of anilines is 1. The molecule has 0 saturated carbocycles. The van der Waals surface area contributed by atoms with Gasteiger partial charge in [0.15, 0.2) is 0 Å². The predicted molar refractivity (Wildman–Crippen MR) is 82.9 cm³/mol. The molecule has 1 atom stereocenters. The highest BCUT2D eigenvalue weighted by molar-refractivity contribution is 7.10. The average molecular weight is 286 g/mol. The summed E-state index contributed by atoms with van der Waals surface area (Å²) in [5.74, 6) is 0.0938. The fraction of sp³-hybridized carbons (Fsp3) is 0.312. The number of hydrogen-bond donors (Lipinski definition) is 1. The number of thiophene rings is 1. The highest BCUT2D eigenvalue weighted by atomic mass is 32.1. The zero-order chi connectivity index (χ0) is 14.1. The Morgan fingerprint density at radius 3 is 2.95 bits per heavy atom. The minimum absolute atomic E-state index is 0.0938. The number of hydrogen-bond acceptors (Lipinski definition) is 3. The molecule has 0 bridgehead atoms. The summed E-state index contributed by atoms with van der Waals surface area (Å²) in [6.45, 7) is 2.79. The maximum Gasteiger partial charge on any atom is 0.254 e. The smallest absolute Gasteiger partial charge is 0.254 e. The van der Waals surface area contributed by atoms with Crippen LogP contribution in [0, 0.1) is 6.92 Å². The monoisotopic (exact) mass is 286 g/mol. The van der Waals surface area contributed by atoms with E-state index in [0.717, 1.165) is 24.9 Å². The van der Waals surface area contributed by atoms with E-state index < -0.39 is 0 Å². The number of amides is 1. The molecule has 20 heavy (non-hydrogen) atoms. The van der Waals surface area contributed by atoms with Gasteiger partial charge in [-0.15, -0.1) is 11.3 Å². The molecule has 1 aromatic heterocycles. The Labute approximate surface area is 123 Å². The van der Waals surface area contributed by atoms with Crippen molar-refractivity contribution in [3.8, 4) is 0 Å². The first-order valence-electron chi connectivity index (χ1n) is 6.86. The molecule has 1 amide bonds. The average Bonchev–Trinajstić information content (AvgIpc) is 3.07. The van der Waals surface area contributed by atoms with Crippen molar-refractivity contribution >= 4 is 22.9 Å². The van der Waals surface area contributed by atoms with Crippen molar-refractivity contribution in [2.45, 2.75) is 25.8 Å². The quantitative estimate of drug-likeness (QED) is 0.857. The Kier molecular flexibility index (Phi) is 3.49. The van der Waals surface area contributed by atoms with Crippen LogP contribution in [0.5, 0.6) is 0 Å². The van der Waals surface area contributed by atoms with Crippen LogP contribution in [-0.2, 0) is 0 Å². The van der Waals surface area contributed by atoms with E-state index in [0.29, 0.717) is 11.3 Å². The molecule has 1 aliphatic heterocycles. The van der Waals surface area contributed by atoms with Crippen LogP contribution in [0.25, 0.3) is 0 Å². The fourth-order valence-corrected chi connectivity index (χ4v) is 3.76. The van der Waals surface area contributed by atoms with Crippen molar-refractivity contribution in [1.82, 2.24) is 4.90 Å². The maximum absolute atomic E-state index is 12.7. The van der Waals surface area contributed by atoms with Crippen molar-refractivity contribution in [3.63, 3.8) is 0 Å². The van der Waals surface area contributed by atoms with Crippen LogP contribution < -0.4 is 5.73 Å². The van der Waals surface area contributed by atoms with Crippen molar-refractivity contribution in [1.29, 1.82) is 0 Å². The molecule has 3 rings (SSSR count). The largest absolute Gasteiger partial charge is 0.399 e. The summed E-state index contributed by atoms with van der Waals surface area (Å²) < 4.78 is 0. The maximum atomic E-state index is 12.7. The second kappa shape index (κ2) is 5.29. The lowest BCUT2D eigenvalue weighted by Gasteiger charge is -2.24. The topological polar surface area (TPSA) is 46.3 Å². The standard InChI is InChI=1S/C16H18N2OS/c1-11-8-12(10-13(17)9-11)16(19)18-6-2-4-14(18)15-5-3-7-20-15/h3,5,7-10,14H,2,4,6,17H2,1H3. The highest BCUT2D eigenvalue weighted by Crippen LogP contribution is 2.35. The second-order valence-electron chi connectivity index (χ2n) is 5.30. The van der Waals surface area contributed by atoms with E-state index in [1.807, 2.05) is 30.0 Å². The summed E-state index contributed by atoms with van der Waals surface area (Å²) in [5.41, 5.74) is 8.24. The number of carbonyl (C=O) groups is 1. The van der Waals surface area contributed by atoms with Gasteiger partial charge in [0.05, 0.1) is 6.04 Å². The first-order chi connectivity index (χ1) is 9.65. The van der Waals surface area contributed by atoms with Crippen molar-refractivity contribution in [2.24, 2.45) is 0 Å². The van der Waals surface area contributed by atoms with Crippen molar-refractivity contribution < 1.29 is 4.79 Å². The van der Waals surface area contributed by atoms with Crippen LogP contribution >= 0.6 is 11.3 Å². The molecular weight excluding hydrogens is 268 g/mol. The molecule has 3 nitrogen and oxygen atoms in total. The number of aryl methyl sites for hydroxylation is 1. The highest BCUT2D eigenvalue weighted by Gasteiger charge is 2.31. The number of benzene rings is 1. The minimum atomic E-state index is 0.0938. The normalized spacial score (nSPS) is 18.4. The van der Waals surface area contributed by atoms with Gasteiger partial charge in [0.25, 0.3) is 5.91 Å². The Morgan fingerprint density at radius 2 is 2.25 bits per heavy atom. The van der Waals surface area contributed by atoms with Gasteiger partial charge in [0.2, 0.25) is 0 Å². The lowest BCUT2D eigenvalue weighted by molar-refractivity contribution is 0.0738. The third kappa shape index (κ3) is 2.43. The van der Waals surface area contributed by atoms with Gasteiger partial charge in [-0.1, -0.05) is 6.07 Å². The van der Waals surface area contributed by atoms with Crippen molar-refractivity contribution in [2.75, 3.05) is 12.3 Å². The molecular formula is C16H18N2OS. The summed E-state index contributed by atoms with van der Waals surface area (Å²) in [6, 6.07) is 9.97. The van der Waals surface area contributed by atoms with E-state index in [1.165, 1.54) is 4.88 Å². The summed E-state index contributed by atoms with van der Waals surface area (Å²) >= 11 is 1.72. The Bertz CT molecular complexity index is 601. The molecule has 0 spiro atoms. The van der Waals surface area contributed by atoms with Gasteiger partial charge in [-0.05, 0) is 55.0 Å². The van der Waals surface area contributed by atoms with E-state index in [-0.39, 0.29) is 11.9 Å². The zero-order valence-corrected chi connectivity index (χ0v) is 12.3. The van der Waals surface area contributed by atoms with Gasteiger partial charge < -0.3 is 10.6 Å². The molecule has 1 aromatic carbocycles. The number of carbonyl (C=O) groups excluding carboxylic acids is 1. The van der Waals surface area contributed by atoms with Gasteiger partial charge in [0, 0.05) is 22.7 Å². The molecule has 2 heterocycles. The van der Waals surface area contributed by atoms with Gasteiger partial charge >= 0.3 is 0 Å². The van der Waals surface area contributed by atoms with Crippen LogP contribution in [0.1, 0.15) is 39.7 Å². The van der Waals surface area contributed by atoms with Gasteiger partial charge in [0.1, 0.15) is 0 Å². The predicted octanol–water partition coefficient (Wildman–Crippen LogP) is 3.62. The number of likely N-dealkylation sites (tertiary alicyclic amines) is 1. The van der Waals surface area contributed by atoms with E-state index in [4.69, 9.17) is 5.73 Å². The lowest BCUT2D eigenvalue weighted by atomic mass is 10.1. The lowest BCUT2D eigenvalue weighted by Crippen LogP contribution is -2.30. The van der Waals surface area contributed by atoms with E-state index >= 15 is 0 Å². The molecule has 0 aliphatic carbocycles. The van der Waals surface area contributed by atoms with Crippen LogP contribution in [0.15, 0.2) is 35.7 Å². The second-order valence-corrected chi connectivity index (χ2v) is 6.28. The van der Waals surface area contributed by atoms with E-state index in [9.17, 15) is 4.79 Å². The minimum Gasteiger partial charge on any atom is -0.399 e. The molecule has 4 heteroatoms. The van der Waals surface area contributed by atoms with Crippen LogP contribution in [-0.4, -0.2) is 17.4 Å². The number of rotatable bonds is 2. The fourth-order valence-electron chi connectivity index (χ4n) is 2.89. The van der Waals surface area contributed by atoms with Gasteiger partial charge in [-0.25, -0.2) is 0 Å². The van der Waals surface area contributed by atoms with Crippen LogP contribution in [0.3, 0.4) is 0 Å². The van der Waals surface area contributed by atoms with Crippen LogP contribution in [0.2, 0.25) is 0 Å². The first-order valence-corrected chi connectivity index (χ1v) is 7.74. The number of nitrogens with two attached hydrogens (primary N) is 1. The first kappa shape index (κ1) is 13.2. The molecule has 1 fully saturated rings. The molecule has 1 unspecified atom stereocenters. The number of nitrogen functional groups attached to an aromatic ring is 1. The van der Waals surface area contributed by atoms with E-state index in [1.54, 1.807) is 17.4 Å². The van der Waals surface area contributed by atoms with Crippen LogP contribution in [0.4, 0.5) is 5.69 Å². The summed E-state index contributed by atoms with van der Waals surface area (Å²) in [5, 5.41) is 2.07. The Morgan fingerprint density at radius 1 is 1.40 bits per heavy atom. The number of nitrogens with zero attached hydrogens (tertiary/aromatic N) is 1. The summed E-state index contributed by atoms with van der Waals surface area (Å²) in [4.78, 5) is 16.0. The SMILES string of the molecule is Cc1cc(N)cc(C(=O)N2CCCC2c2cccs2)c1. The van der Waals surface area contributed by atoms with Crippen molar-refractivity contribution in [3.05, 3.63) is 51.7 Å². The molecule has 1 aliphatic rings. The van der Waals surface area contributed by atoms with E-state index in [2.05, 4.69) is 11.4 Å². The third-order valence-corrected chi connectivity index (χ3v) is 4.71. The van der Waals surface area contributed by atoms with Gasteiger partial charge in [-0.3, -0.25) is 4.79 Å². The molecule has 2 N–H and O–H groups in total. The summed E-state index contributed by atoms with van der Waals surface area (Å²) in [7, 11) is 0. The summed E-state index contributed by atoms with van der Waals surface area (Å²) in [6.07, 6.45) is 2.11. The zero-order valence-electron chi connectivity index (χ0n) is 11.5. The molecule has 104 valence electrons. The van der Waals surface area contributed by atoms with Gasteiger partial charge in [-0.2, -0.15) is 0 Å². The third-order valence-electron chi connectivity index (χ3n) is 3.73. The molecule has 1 saturated heterocycles. The molecule has 0 radical (unpaired) electrons. The Hall–Kier alpha value is -1.81. The Balaban J connectivity index is 1.89.